The highest BCUT2D eigenvalue weighted by atomic mass is 32.2. The highest BCUT2D eigenvalue weighted by molar-refractivity contribution is 8.03. The Kier molecular flexibility index (Phi) is 1.71. The van der Waals surface area contributed by atoms with Gasteiger partial charge in [-0.15, -0.1) is 0 Å². The van der Waals surface area contributed by atoms with Gasteiger partial charge in [0.15, 0.2) is 0 Å². The van der Waals surface area contributed by atoms with E-state index in [-0.39, 0.29) is 0 Å². The van der Waals surface area contributed by atoms with Crippen molar-refractivity contribution in [2.45, 2.75) is 17.2 Å². The van der Waals surface area contributed by atoms with Crippen molar-refractivity contribution in [3.8, 4) is 0 Å². The van der Waals surface area contributed by atoms with Crippen LogP contribution in [0.3, 0.4) is 0 Å². The van der Waals surface area contributed by atoms with Crippen LogP contribution in [0.25, 0.3) is 0 Å². The molecule has 1 heterocycles. The van der Waals surface area contributed by atoms with Crippen LogP contribution in [0.4, 0.5) is 0 Å². The highest BCUT2D eigenvalue weighted by Crippen LogP contribution is 2.52. The minimum atomic E-state index is 0.529. The molecular formula is C12H11NS. The predicted molar refractivity (Wildman–Crippen MR) is 60.0 cm³/mol. The van der Waals surface area contributed by atoms with Gasteiger partial charge >= 0.3 is 0 Å². The summed E-state index contributed by atoms with van der Waals surface area (Å²) in [7, 11) is 0. The summed E-state index contributed by atoms with van der Waals surface area (Å²) in [6, 6.07) is 8.59. The summed E-state index contributed by atoms with van der Waals surface area (Å²) in [5, 5.41) is 0. The number of benzene rings is 1. The van der Waals surface area contributed by atoms with Gasteiger partial charge in [-0.25, -0.2) is 0 Å². The maximum atomic E-state index is 5.97. The van der Waals surface area contributed by atoms with E-state index in [0.717, 1.165) is 12.1 Å². The average molecular weight is 201 g/mol. The maximum absolute atomic E-state index is 5.97. The first-order valence-electron chi connectivity index (χ1n) is 4.79. The number of hydrogen-bond donors (Lipinski definition) is 1. The van der Waals surface area contributed by atoms with E-state index in [4.69, 9.17) is 5.73 Å². The lowest BCUT2D eigenvalue weighted by atomic mass is 9.92. The molecule has 0 fully saturated rings. The van der Waals surface area contributed by atoms with Crippen LogP contribution < -0.4 is 5.73 Å². The molecule has 0 saturated carbocycles. The van der Waals surface area contributed by atoms with Crippen molar-refractivity contribution in [2.75, 3.05) is 0 Å². The van der Waals surface area contributed by atoms with E-state index >= 15 is 0 Å². The number of fused-ring (bicyclic) bond motifs is 3. The molecule has 2 N–H and O–H groups in total. The van der Waals surface area contributed by atoms with Crippen LogP contribution in [0, 0.1) is 0 Å². The van der Waals surface area contributed by atoms with Crippen LogP contribution in [0.15, 0.2) is 51.9 Å². The smallest absolute Gasteiger partial charge is 0.0417 e. The average Bonchev–Trinajstić information content (AvgIpc) is 2.59. The first kappa shape index (κ1) is 8.18. The third kappa shape index (κ3) is 1.04. The lowest BCUT2D eigenvalue weighted by Crippen LogP contribution is -2.06. The molecule has 1 aromatic carbocycles. The zero-order valence-electron chi connectivity index (χ0n) is 7.73. The minimum absolute atomic E-state index is 0.529. The lowest BCUT2D eigenvalue weighted by molar-refractivity contribution is 0.825. The molecule has 1 nitrogen and oxygen atoms in total. The number of thioether (sulfide) groups is 1. The SMILES string of the molecule is NC1=C2Sc3ccccc3C2CC=C1. The largest absolute Gasteiger partial charge is 0.398 e. The fourth-order valence-corrected chi connectivity index (χ4v) is 3.36. The molecule has 1 atom stereocenters. The zero-order valence-corrected chi connectivity index (χ0v) is 8.55. The third-order valence-electron chi connectivity index (χ3n) is 2.78. The maximum Gasteiger partial charge on any atom is 0.0417 e. The molecule has 3 rings (SSSR count). The van der Waals surface area contributed by atoms with E-state index in [9.17, 15) is 0 Å². The molecular weight excluding hydrogens is 190 g/mol. The minimum Gasteiger partial charge on any atom is -0.398 e. The van der Waals surface area contributed by atoms with E-state index in [1.165, 1.54) is 15.4 Å². The van der Waals surface area contributed by atoms with Crippen LogP contribution >= 0.6 is 11.8 Å². The number of allylic oxidation sites excluding steroid dienone is 3. The third-order valence-corrected chi connectivity index (χ3v) is 4.12. The van der Waals surface area contributed by atoms with Gasteiger partial charge in [0.25, 0.3) is 0 Å². The molecule has 2 heteroatoms. The Morgan fingerprint density at radius 2 is 2.14 bits per heavy atom. The molecule has 70 valence electrons. The number of hydrogen-bond acceptors (Lipinski definition) is 2. The molecule has 14 heavy (non-hydrogen) atoms. The fraction of sp³-hybridized carbons (Fsp3) is 0.167. The molecule has 0 radical (unpaired) electrons. The lowest BCUT2D eigenvalue weighted by Gasteiger charge is -2.15. The van der Waals surface area contributed by atoms with Crippen LogP contribution in [0.2, 0.25) is 0 Å². The molecule has 1 unspecified atom stereocenters. The van der Waals surface area contributed by atoms with Crippen LogP contribution in [-0.2, 0) is 0 Å². The summed E-state index contributed by atoms with van der Waals surface area (Å²) in [4.78, 5) is 2.72. The summed E-state index contributed by atoms with van der Waals surface area (Å²) in [5.41, 5.74) is 8.36. The van der Waals surface area contributed by atoms with Crippen molar-refractivity contribution in [1.29, 1.82) is 0 Å². The summed E-state index contributed by atoms with van der Waals surface area (Å²) in [6.45, 7) is 0. The molecule has 1 aromatic rings. The predicted octanol–water partition coefficient (Wildman–Crippen LogP) is 3.01. The first-order valence-corrected chi connectivity index (χ1v) is 5.61. The van der Waals surface area contributed by atoms with Crippen molar-refractivity contribution in [3.63, 3.8) is 0 Å². The van der Waals surface area contributed by atoms with Gasteiger partial charge in [0.05, 0.1) is 0 Å². The summed E-state index contributed by atoms with van der Waals surface area (Å²) >= 11 is 1.83. The Labute approximate surface area is 87.7 Å². The van der Waals surface area contributed by atoms with Crippen molar-refractivity contribution in [2.24, 2.45) is 5.73 Å². The molecule has 1 aliphatic carbocycles. The van der Waals surface area contributed by atoms with Crippen molar-refractivity contribution in [1.82, 2.24) is 0 Å². The highest BCUT2D eigenvalue weighted by Gasteiger charge is 2.29. The van der Waals surface area contributed by atoms with E-state index in [2.05, 4.69) is 30.3 Å². The Bertz CT molecular complexity index is 445. The Balaban J connectivity index is 2.16. The summed E-state index contributed by atoms with van der Waals surface area (Å²) < 4.78 is 0. The first-order chi connectivity index (χ1) is 6.86. The standard InChI is InChI=1S/C12H11NS/c13-10-6-3-5-9-8-4-1-2-7-11(8)14-12(9)10/h1-4,6-7,9H,5,13H2. The second-order valence-electron chi connectivity index (χ2n) is 3.65. The van der Waals surface area contributed by atoms with Crippen LogP contribution in [0.1, 0.15) is 17.9 Å². The van der Waals surface area contributed by atoms with E-state index < -0.39 is 0 Å². The van der Waals surface area contributed by atoms with Gasteiger partial charge in [0.2, 0.25) is 0 Å². The van der Waals surface area contributed by atoms with E-state index in [0.29, 0.717) is 5.92 Å². The molecule has 0 saturated heterocycles. The van der Waals surface area contributed by atoms with E-state index in [1.807, 2.05) is 17.8 Å². The topological polar surface area (TPSA) is 26.0 Å². The van der Waals surface area contributed by atoms with Gasteiger partial charge in [-0.05, 0) is 24.1 Å². The molecule has 0 bridgehead atoms. The summed E-state index contributed by atoms with van der Waals surface area (Å²) in [5.74, 6) is 0.529. The second kappa shape index (κ2) is 2.92. The molecule has 1 aliphatic heterocycles. The van der Waals surface area contributed by atoms with Gasteiger partial charge in [-0.3, -0.25) is 0 Å². The Morgan fingerprint density at radius 3 is 3.07 bits per heavy atom. The quantitative estimate of drug-likeness (QED) is 0.698. The van der Waals surface area contributed by atoms with Crippen molar-refractivity contribution >= 4 is 11.8 Å². The Morgan fingerprint density at radius 1 is 1.29 bits per heavy atom. The van der Waals surface area contributed by atoms with Crippen LogP contribution in [-0.4, -0.2) is 0 Å². The van der Waals surface area contributed by atoms with Crippen molar-refractivity contribution < 1.29 is 0 Å². The van der Waals surface area contributed by atoms with Gasteiger partial charge in [0, 0.05) is 21.4 Å². The Hall–Kier alpha value is -1.15. The zero-order chi connectivity index (χ0) is 9.54. The molecule has 0 amide bonds. The second-order valence-corrected chi connectivity index (χ2v) is 4.73. The van der Waals surface area contributed by atoms with Gasteiger partial charge < -0.3 is 5.73 Å². The number of rotatable bonds is 0. The van der Waals surface area contributed by atoms with E-state index in [1.54, 1.807) is 0 Å². The van der Waals surface area contributed by atoms with Gasteiger partial charge in [-0.2, -0.15) is 0 Å². The van der Waals surface area contributed by atoms with Crippen LogP contribution in [0.5, 0.6) is 0 Å². The van der Waals surface area contributed by atoms with Gasteiger partial charge in [0.1, 0.15) is 0 Å². The van der Waals surface area contributed by atoms with Gasteiger partial charge in [-0.1, -0.05) is 36.0 Å². The fourth-order valence-electron chi connectivity index (χ4n) is 2.10. The molecule has 2 aliphatic rings. The number of nitrogens with two attached hydrogens (primary N) is 1. The summed E-state index contributed by atoms with van der Waals surface area (Å²) in [6.07, 6.45) is 5.30. The monoisotopic (exact) mass is 201 g/mol. The normalized spacial score (nSPS) is 23.6. The van der Waals surface area contributed by atoms with Crippen molar-refractivity contribution in [3.05, 3.63) is 52.6 Å². The molecule has 0 spiro atoms. The molecule has 0 aromatic heterocycles.